The lowest BCUT2D eigenvalue weighted by atomic mass is 10.1. The highest BCUT2D eigenvalue weighted by atomic mass is 14.9. The molecule has 2 heteroatoms. The minimum Gasteiger partial charge on any atom is -0.312 e. The van der Waals surface area contributed by atoms with E-state index in [1.807, 2.05) is 0 Å². The minimum absolute atomic E-state index is 0.211. The second kappa shape index (κ2) is 4.80. The number of hydrogen-bond donors (Lipinski definition) is 1. The Morgan fingerprint density at radius 1 is 1.50 bits per heavy atom. The van der Waals surface area contributed by atoms with Gasteiger partial charge in [0.1, 0.15) is 0 Å². The molecule has 0 radical (unpaired) electrons. The predicted octanol–water partition coefficient (Wildman–Crippen LogP) is 1.29. The van der Waals surface area contributed by atoms with Crippen molar-refractivity contribution >= 4 is 0 Å². The van der Waals surface area contributed by atoms with Crippen LogP contribution in [-0.2, 0) is 0 Å². The first-order valence-corrected chi connectivity index (χ1v) is 4.45. The molecule has 0 heterocycles. The molecule has 1 N–H and O–H groups in total. The largest absolute Gasteiger partial charge is 0.312 e. The number of nitriles is 1. The first-order chi connectivity index (χ1) is 5.88. The zero-order chi connectivity index (χ0) is 8.81. The number of terminal acetylenes is 1. The Kier molecular flexibility index (Phi) is 3.64. The molecular weight excluding hydrogens is 148 g/mol. The van der Waals surface area contributed by atoms with Crippen LogP contribution >= 0.6 is 0 Å². The Balaban J connectivity index is 2.23. The topological polar surface area (TPSA) is 35.8 Å². The number of nitrogens with one attached hydrogen (secondary N) is 1. The maximum Gasteiger partial charge on any atom is 0.0672 e. The molecular formula is C10H14N2. The molecule has 12 heavy (non-hydrogen) atoms. The monoisotopic (exact) mass is 162 g/mol. The summed E-state index contributed by atoms with van der Waals surface area (Å²) < 4.78 is 0. The SMILES string of the molecule is C#CCCNC1CCCC1C#N. The van der Waals surface area contributed by atoms with Gasteiger partial charge in [-0.25, -0.2) is 0 Å². The highest BCUT2D eigenvalue weighted by Crippen LogP contribution is 2.24. The van der Waals surface area contributed by atoms with Crippen molar-refractivity contribution in [2.24, 2.45) is 5.92 Å². The lowest BCUT2D eigenvalue weighted by Gasteiger charge is -2.13. The van der Waals surface area contributed by atoms with Crippen LogP contribution in [0.15, 0.2) is 0 Å². The van der Waals surface area contributed by atoms with E-state index in [9.17, 15) is 0 Å². The summed E-state index contributed by atoms with van der Waals surface area (Å²) >= 11 is 0. The summed E-state index contributed by atoms with van der Waals surface area (Å²) in [6, 6.07) is 2.72. The molecule has 1 aliphatic rings. The van der Waals surface area contributed by atoms with Crippen molar-refractivity contribution in [3.8, 4) is 18.4 Å². The fraction of sp³-hybridized carbons (Fsp3) is 0.700. The third kappa shape index (κ3) is 2.26. The molecule has 0 spiro atoms. The maximum absolute atomic E-state index is 8.76. The second-order valence-corrected chi connectivity index (χ2v) is 3.18. The van der Waals surface area contributed by atoms with Crippen LogP contribution in [0.25, 0.3) is 0 Å². The van der Waals surface area contributed by atoms with Gasteiger partial charge in [0.15, 0.2) is 0 Å². The lowest BCUT2D eigenvalue weighted by molar-refractivity contribution is 0.472. The molecule has 0 aliphatic heterocycles. The third-order valence-corrected chi connectivity index (χ3v) is 2.36. The summed E-state index contributed by atoms with van der Waals surface area (Å²) in [6.45, 7) is 0.847. The number of rotatable bonds is 3. The van der Waals surface area contributed by atoms with Crippen LogP contribution in [0.3, 0.4) is 0 Å². The van der Waals surface area contributed by atoms with Gasteiger partial charge in [-0.15, -0.1) is 12.3 Å². The van der Waals surface area contributed by atoms with E-state index in [1.165, 1.54) is 6.42 Å². The van der Waals surface area contributed by atoms with Gasteiger partial charge in [-0.05, 0) is 12.8 Å². The molecule has 1 saturated carbocycles. The van der Waals surface area contributed by atoms with Gasteiger partial charge in [-0.3, -0.25) is 0 Å². The van der Waals surface area contributed by atoms with E-state index in [0.29, 0.717) is 6.04 Å². The highest BCUT2D eigenvalue weighted by molar-refractivity contribution is 4.97. The Hall–Kier alpha value is -0.990. The zero-order valence-corrected chi connectivity index (χ0v) is 7.21. The van der Waals surface area contributed by atoms with Crippen molar-refractivity contribution in [3.05, 3.63) is 0 Å². The van der Waals surface area contributed by atoms with E-state index in [-0.39, 0.29) is 5.92 Å². The standard InChI is InChI=1S/C10H14N2/c1-2-3-7-12-10-6-4-5-9(10)8-11/h1,9-10,12H,3-7H2. The molecule has 0 saturated heterocycles. The Labute approximate surface area is 74.0 Å². The van der Waals surface area contributed by atoms with Crippen LogP contribution in [0.1, 0.15) is 25.7 Å². The van der Waals surface area contributed by atoms with Gasteiger partial charge in [0.05, 0.1) is 12.0 Å². The maximum atomic E-state index is 8.76. The van der Waals surface area contributed by atoms with Crippen LogP contribution in [0.2, 0.25) is 0 Å². The zero-order valence-electron chi connectivity index (χ0n) is 7.21. The molecule has 1 rings (SSSR count). The summed E-state index contributed by atoms with van der Waals surface area (Å²) in [5.74, 6) is 2.79. The van der Waals surface area contributed by atoms with Gasteiger partial charge < -0.3 is 5.32 Å². The quantitative estimate of drug-likeness (QED) is 0.501. The van der Waals surface area contributed by atoms with Crippen LogP contribution in [0.5, 0.6) is 0 Å². The van der Waals surface area contributed by atoms with Crippen LogP contribution in [-0.4, -0.2) is 12.6 Å². The molecule has 0 aromatic heterocycles. The smallest absolute Gasteiger partial charge is 0.0672 e. The van der Waals surface area contributed by atoms with Crippen molar-refractivity contribution in [1.29, 1.82) is 5.26 Å². The fourth-order valence-corrected chi connectivity index (χ4v) is 1.69. The first-order valence-electron chi connectivity index (χ1n) is 4.45. The molecule has 2 unspecified atom stereocenters. The van der Waals surface area contributed by atoms with Crippen molar-refractivity contribution < 1.29 is 0 Å². The van der Waals surface area contributed by atoms with Gasteiger partial charge in [-0.2, -0.15) is 5.26 Å². The van der Waals surface area contributed by atoms with E-state index in [4.69, 9.17) is 11.7 Å². The molecule has 2 atom stereocenters. The fourth-order valence-electron chi connectivity index (χ4n) is 1.69. The molecule has 0 bridgehead atoms. The molecule has 0 amide bonds. The van der Waals surface area contributed by atoms with Crippen molar-refractivity contribution in [2.45, 2.75) is 31.7 Å². The van der Waals surface area contributed by atoms with Gasteiger partial charge in [-0.1, -0.05) is 6.42 Å². The summed E-state index contributed by atoms with van der Waals surface area (Å²) in [6.07, 6.45) is 9.23. The summed E-state index contributed by atoms with van der Waals surface area (Å²) in [5.41, 5.74) is 0. The van der Waals surface area contributed by atoms with E-state index in [1.54, 1.807) is 0 Å². The lowest BCUT2D eigenvalue weighted by Crippen LogP contribution is -2.32. The third-order valence-electron chi connectivity index (χ3n) is 2.36. The first kappa shape index (κ1) is 9.10. The molecule has 0 aromatic carbocycles. The van der Waals surface area contributed by atoms with Crippen LogP contribution < -0.4 is 5.32 Å². The Morgan fingerprint density at radius 3 is 3.00 bits per heavy atom. The summed E-state index contributed by atoms with van der Waals surface area (Å²) in [5, 5.41) is 12.1. The summed E-state index contributed by atoms with van der Waals surface area (Å²) in [4.78, 5) is 0. The van der Waals surface area contributed by atoms with Crippen molar-refractivity contribution in [1.82, 2.24) is 5.32 Å². The normalized spacial score (nSPS) is 27.8. The average molecular weight is 162 g/mol. The van der Waals surface area contributed by atoms with E-state index in [2.05, 4.69) is 17.3 Å². The molecule has 2 nitrogen and oxygen atoms in total. The van der Waals surface area contributed by atoms with Gasteiger partial charge in [0.2, 0.25) is 0 Å². The van der Waals surface area contributed by atoms with Crippen molar-refractivity contribution in [2.75, 3.05) is 6.54 Å². The van der Waals surface area contributed by atoms with E-state index >= 15 is 0 Å². The van der Waals surface area contributed by atoms with Gasteiger partial charge in [0.25, 0.3) is 0 Å². The van der Waals surface area contributed by atoms with Crippen LogP contribution in [0.4, 0.5) is 0 Å². The Morgan fingerprint density at radius 2 is 2.33 bits per heavy atom. The van der Waals surface area contributed by atoms with E-state index in [0.717, 1.165) is 25.8 Å². The van der Waals surface area contributed by atoms with E-state index < -0.39 is 0 Å². The van der Waals surface area contributed by atoms with Crippen LogP contribution in [0, 0.1) is 29.6 Å². The van der Waals surface area contributed by atoms with Gasteiger partial charge >= 0.3 is 0 Å². The molecule has 0 aromatic rings. The molecule has 1 fully saturated rings. The summed E-state index contributed by atoms with van der Waals surface area (Å²) in [7, 11) is 0. The predicted molar refractivity (Wildman–Crippen MR) is 48.2 cm³/mol. The Bertz CT molecular complexity index is 209. The minimum atomic E-state index is 0.211. The second-order valence-electron chi connectivity index (χ2n) is 3.18. The average Bonchev–Trinajstić information content (AvgIpc) is 2.52. The molecule has 1 aliphatic carbocycles. The number of hydrogen-bond acceptors (Lipinski definition) is 2. The highest BCUT2D eigenvalue weighted by Gasteiger charge is 2.25. The van der Waals surface area contributed by atoms with Crippen molar-refractivity contribution in [3.63, 3.8) is 0 Å². The van der Waals surface area contributed by atoms with Gasteiger partial charge in [0, 0.05) is 19.0 Å². The number of nitrogens with zero attached hydrogens (tertiary/aromatic N) is 1. The molecule has 64 valence electrons.